The van der Waals surface area contributed by atoms with Gasteiger partial charge in [0.1, 0.15) is 0 Å². The van der Waals surface area contributed by atoms with Gasteiger partial charge in [-0.2, -0.15) is 0 Å². The summed E-state index contributed by atoms with van der Waals surface area (Å²) in [5, 5.41) is 6.28. The van der Waals surface area contributed by atoms with Crippen LogP contribution in [0.3, 0.4) is 0 Å². The number of ketones is 2. The van der Waals surface area contributed by atoms with E-state index >= 15 is 0 Å². The van der Waals surface area contributed by atoms with E-state index in [0.717, 1.165) is 0 Å². The van der Waals surface area contributed by atoms with Crippen LogP contribution in [0.15, 0.2) is 109 Å². The normalized spacial score (nSPS) is 10.3. The van der Waals surface area contributed by atoms with Crippen LogP contribution in [-0.4, -0.2) is 43.4 Å². The fourth-order valence-electron chi connectivity index (χ4n) is 3.60. The van der Waals surface area contributed by atoms with Crippen LogP contribution in [0.2, 0.25) is 0 Å². The third kappa shape index (κ3) is 7.87. The molecule has 0 saturated heterocycles. The first-order chi connectivity index (χ1) is 19.0. The Kier molecular flexibility index (Phi) is 9.18. The lowest BCUT2D eigenvalue weighted by Crippen LogP contribution is -2.16. The van der Waals surface area contributed by atoms with Crippen LogP contribution in [0.4, 0.5) is 11.4 Å². The van der Waals surface area contributed by atoms with Crippen molar-refractivity contribution in [2.24, 2.45) is 0 Å². The van der Waals surface area contributed by atoms with Gasteiger partial charge in [-0.25, -0.2) is 9.59 Å². The Morgan fingerprint density at radius 2 is 0.872 bits per heavy atom. The molecule has 4 aromatic rings. The molecular weight excluding hydrogens is 496 g/mol. The highest BCUT2D eigenvalue weighted by Gasteiger charge is 2.13. The molecule has 0 unspecified atom stereocenters. The van der Waals surface area contributed by atoms with E-state index in [1.54, 1.807) is 109 Å². The van der Waals surface area contributed by atoms with Gasteiger partial charge in [0.25, 0.3) is 0 Å². The summed E-state index contributed by atoms with van der Waals surface area (Å²) in [5.41, 5.74) is 2.86. The first-order valence-electron chi connectivity index (χ1n) is 12.2. The number of hydrogen-bond donors (Lipinski definition) is 2. The van der Waals surface area contributed by atoms with Crippen LogP contribution in [0.1, 0.15) is 41.4 Å². The van der Waals surface area contributed by atoms with Crippen LogP contribution >= 0.6 is 0 Å². The quantitative estimate of drug-likeness (QED) is 0.148. The Labute approximate surface area is 225 Å². The van der Waals surface area contributed by atoms with Crippen LogP contribution in [0.5, 0.6) is 0 Å². The maximum Gasteiger partial charge on any atom is 0.338 e. The van der Waals surface area contributed by atoms with Gasteiger partial charge < -0.3 is 20.1 Å². The Morgan fingerprint density at radius 1 is 0.487 bits per heavy atom. The maximum absolute atomic E-state index is 12.4. The topological polar surface area (TPSA) is 111 Å². The molecule has 0 heterocycles. The highest BCUT2D eigenvalue weighted by atomic mass is 16.5. The number of hydrogen-bond acceptors (Lipinski definition) is 8. The number of anilines is 2. The summed E-state index contributed by atoms with van der Waals surface area (Å²) in [5.74, 6) is -1.77. The van der Waals surface area contributed by atoms with E-state index in [9.17, 15) is 19.2 Å². The first kappa shape index (κ1) is 26.8. The lowest BCUT2D eigenvalue weighted by molar-refractivity contribution is 0.0472. The van der Waals surface area contributed by atoms with Crippen LogP contribution in [0.25, 0.3) is 0 Å². The lowest BCUT2D eigenvalue weighted by Gasteiger charge is -2.12. The Balaban J connectivity index is 1.25. The summed E-state index contributed by atoms with van der Waals surface area (Å²) in [4.78, 5) is 49.2. The molecule has 4 rings (SSSR count). The lowest BCUT2D eigenvalue weighted by atomic mass is 10.1. The number of carbonyl (C=O) groups is 4. The molecule has 0 atom stereocenters. The molecule has 0 amide bonds. The number of nitrogens with one attached hydrogen (secondary N) is 2. The van der Waals surface area contributed by atoms with Crippen molar-refractivity contribution in [1.29, 1.82) is 0 Å². The summed E-state index contributed by atoms with van der Waals surface area (Å²) < 4.78 is 10.3. The molecule has 196 valence electrons. The molecule has 0 spiro atoms. The third-order valence-electron chi connectivity index (χ3n) is 5.64. The number of benzene rings is 4. The second-order valence-electron chi connectivity index (χ2n) is 8.42. The Bertz CT molecular complexity index is 1340. The van der Waals surface area contributed by atoms with Gasteiger partial charge in [-0.05, 0) is 36.4 Å². The van der Waals surface area contributed by atoms with E-state index in [4.69, 9.17) is 9.47 Å². The number of rotatable bonds is 12. The molecule has 0 fully saturated rings. The standard InChI is InChI=1S/C31H26N2O6/c34-28(22-9-3-1-4-10-22)19-38-30(36)24-13-7-15-26(17-24)32-21-33-27-16-8-14-25(18-27)31(37)39-20-29(35)23-11-5-2-6-12-23/h1-18,32-33H,19-21H2. The largest absolute Gasteiger partial charge is 0.454 e. The minimum absolute atomic E-state index is 0.281. The minimum atomic E-state index is -0.604. The molecular formula is C31H26N2O6. The predicted molar refractivity (Wildman–Crippen MR) is 147 cm³/mol. The fourth-order valence-corrected chi connectivity index (χ4v) is 3.60. The van der Waals surface area contributed by atoms with E-state index < -0.39 is 11.9 Å². The SMILES string of the molecule is O=C(COC(=O)c1cccc(NCNc2cccc(C(=O)OCC(=O)c3ccccc3)c2)c1)c1ccccc1. The van der Waals surface area contributed by atoms with Crippen molar-refractivity contribution in [3.05, 3.63) is 131 Å². The summed E-state index contributed by atoms with van der Waals surface area (Å²) >= 11 is 0. The van der Waals surface area contributed by atoms with Crippen LogP contribution in [-0.2, 0) is 9.47 Å². The van der Waals surface area contributed by atoms with Gasteiger partial charge in [0.2, 0.25) is 0 Å². The number of carbonyl (C=O) groups excluding carboxylic acids is 4. The molecule has 8 nitrogen and oxygen atoms in total. The van der Waals surface area contributed by atoms with Gasteiger partial charge in [0, 0.05) is 22.5 Å². The number of Topliss-reactive ketones (excluding diaryl/α,β-unsaturated/α-hetero) is 2. The van der Waals surface area contributed by atoms with Crippen LogP contribution in [0, 0.1) is 0 Å². The van der Waals surface area contributed by atoms with Gasteiger partial charge in [-0.15, -0.1) is 0 Å². The van der Waals surface area contributed by atoms with Crippen molar-refractivity contribution in [3.8, 4) is 0 Å². The highest BCUT2D eigenvalue weighted by molar-refractivity contribution is 6.00. The fraction of sp³-hybridized carbons (Fsp3) is 0.0968. The molecule has 0 radical (unpaired) electrons. The average molecular weight is 523 g/mol. The van der Waals surface area contributed by atoms with Gasteiger partial charge in [0.05, 0.1) is 17.8 Å². The molecule has 0 aromatic heterocycles. The maximum atomic E-state index is 12.4. The van der Waals surface area contributed by atoms with Crippen molar-refractivity contribution in [2.75, 3.05) is 30.5 Å². The van der Waals surface area contributed by atoms with Crippen molar-refractivity contribution >= 4 is 34.9 Å². The van der Waals surface area contributed by atoms with E-state index in [0.29, 0.717) is 33.6 Å². The second-order valence-corrected chi connectivity index (χ2v) is 8.42. The van der Waals surface area contributed by atoms with Crippen LogP contribution < -0.4 is 10.6 Å². The molecule has 0 aliphatic carbocycles. The Hall–Kier alpha value is -5.24. The van der Waals surface area contributed by atoms with Crippen molar-refractivity contribution in [3.63, 3.8) is 0 Å². The smallest absolute Gasteiger partial charge is 0.338 e. The first-order valence-corrected chi connectivity index (χ1v) is 12.2. The molecule has 0 bridgehead atoms. The molecule has 8 heteroatoms. The Morgan fingerprint density at radius 3 is 1.28 bits per heavy atom. The van der Waals surface area contributed by atoms with Crippen molar-refractivity contribution in [2.45, 2.75) is 0 Å². The third-order valence-corrected chi connectivity index (χ3v) is 5.64. The van der Waals surface area contributed by atoms with Crippen molar-refractivity contribution in [1.82, 2.24) is 0 Å². The summed E-state index contributed by atoms with van der Waals surface area (Å²) in [6.07, 6.45) is 0. The molecule has 0 aliphatic heterocycles. The molecule has 0 saturated carbocycles. The summed E-state index contributed by atoms with van der Waals surface area (Å²) in [6, 6.07) is 30.7. The highest BCUT2D eigenvalue weighted by Crippen LogP contribution is 2.15. The van der Waals surface area contributed by atoms with Crippen molar-refractivity contribution < 1.29 is 28.7 Å². The second kappa shape index (κ2) is 13.3. The van der Waals surface area contributed by atoms with Gasteiger partial charge in [0.15, 0.2) is 24.8 Å². The van der Waals surface area contributed by atoms with Gasteiger partial charge in [-0.3, -0.25) is 9.59 Å². The number of esters is 2. The number of ether oxygens (including phenoxy) is 2. The zero-order chi connectivity index (χ0) is 27.5. The van der Waals surface area contributed by atoms with E-state index in [2.05, 4.69) is 10.6 Å². The van der Waals surface area contributed by atoms with Gasteiger partial charge >= 0.3 is 11.9 Å². The van der Waals surface area contributed by atoms with Gasteiger partial charge in [-0.1, -0.05) is 72.8 Å². The average Bonchev–Trinajstić information content (AvgIpc) is 2.99. The molecule has 4 aromatic carbocycles. The molecule has 2 N–H and O–H groups in total. The zero-order valence-electron chi connectivity index (χ0n) is 21.0. The van der Waals surface area contributed by atoms with E-state index in [1.165, 1.54) is 0 Å². The summed E-state index contributed by atoms with van der Waals surface area (Å²) in [7, 11) is 0. The van der Waals surface area contributed by atoms with E-state index in [-0.39, 0.29) is 31.4 Å². The predicted octanol–water partition coefficient (Wildman–Crippen LogP) is 5.25. The summed E-state index contributed by atoms with van der Waals surface area (Å²) in [6.45, 7) is -0.404. The minimum Gasteiger partial charge on any atom is -0.454 e. The molecule has 0 aliphatic rings. The molecule has 39 heavy (non-hydrogen) atoms. The monoisotopic (exact) mass is 522 g/mol. The zero-order valence-corrected chi connectivity index (χ0v) is 21.0. The van der Waals surface area contributed by atoms with E-state index in [1.807, 2.05) is 0 Å².